The van der Waals surface area contributed by atoms with E-state index in [1.807, 2.05) is 24.3 Å². The standard InChI is InChI=1S/C23H23ClN6O4/c1-25-21(34)23-9-14(23)16(17(32)18(23)33)30-11-27-15-19(28-22(24)29-20(15)30)26-10-13-5-2-4-12(8-13)6-3-7-31/h2,4-5,8,11,14,16-18,31-33H,7,9-10H2,1H3,(H,25,34)(H,26,28,29)/t14-,16-,17+,18+,23-/m1/s1. The van der Waals surface area contributed by atoms with E-state index in [-0.39, 0.29) is 23.7 Å². The molecule has 5 atom stereocenters. The van der Waals surface area contributed by atoms with Gasteiger partial charge in [0.25, 0.3) is 0 Å². The Hall–Kier alpha value is -3.23. The van der Waals surface area contributed by atoms with E-state index in [1.54, 1.807) is 4.57 Å². The van der Waals surface area contributed by atoms with Crippen LogP contribution in [0.3, 0.4) is 0 Å². The van der Waals surface area contributed by atoms with Crippen LogP contribution in [0, 0.1) is 23.2 Å². The molecule has 5 N–H and O–H groups in total. The third-order valence-corrected chi connectivity index (χ3v) is 6.91. The molecule has 3 aromatic rings. The van der Waals surface area contributed by atoms with Crippen LogP contribution in [-0.2, 0) is 11.3 Å². The Balaban J connectivity index is 1.44. The van der Waals surface area contributed by atoms with Gasteiger partial charge in [0.15, 0.2) is 17.0 Å². The second kappa shape index (κ2) is 8.52. The maximum Gasteiger partial charge on any atom is 0.229 e. The van der Waals surface area contributed by atoms with Crippen LogP contribution in [0.25, 0.3) is 11.2 Å². The molecule has 10 nitrogen and oxygen atoms in total. The van der Waals surface area contributed by atoms with Crippen LogP contribution in [0.15, 0.2) is 30.6 Å². The van der Waals surface area contributed by atoms with Gasteiger partial charge in [-0.1, -0.05) is 24.0 Å². The molecule has 2 fully saturated rings. The minimum atomic E-state index is -1.18. The molecule has 2 aliphatic carbocycles. The summed E-state index contributed by atoms with van der Waals surface area (Å²) in [6.45, 7) is 0.206. The molecule has 2 heterocycles. The van der Waals surface area contributed by atoms with Gasteiger partial charge in [0.1, 0.15) is 12.7 Å². The topological polar surface area (TPSA) is 145 Å². The first-order valence-corrected chi connectivity index (χ1v) is 11.2. The van der Waals surface area contributed by atoms with Crippen molar-refractivity contribution in [3.05, 3.63) is 47.0 Å². The molecule has 1 aromatic carbocycles. The van der Waals surface area contributed by atoms with Gasteiger partial charge in [0.05, 0.1) is 23.9 Å². The molecule has 5 rings (SSSR count). The lowest BCUT2D eigenvalue weighted by Crippen LogP contribution is -2.41. The quantitative estimate of drug-likeness (QED) is 0.260. The monoisotopic (exact) mass is 482 g/mol. The summed E-state index contributed by atoms with van der Waals surface area (Å²) in [4.78, 5) is 25.5. The van der Waals surface area contributed by atoms with Crippen LogP contribution in [0.1, 0.15) is 23.6 Å². The highest BCUT2D eigenvalue weighted by atomic mass is 35.5. The van der Waals surface area contributed by atoms with Crippen LogP contribution in [0.4, 0.5) is 5.82 Å². The summed E-state index contributed by atoms with van der Waals surface area (Å²) in [6, 6.07) is 6.98. The lowest BCUT2D eigenvalue weighted by molar-refractivity contribution is -0.132. The summed E-state index contributed by atoms with van der Waals surface area (Å²) >= 11 is 6.21. The Morgan fingerprint density at radius 3 is 2.94 bits per heavy atom. The van der Waals surface area contributed by atoms with Crippen LogP contribution < -0.4 is 10.6 Å². The fraction of sp³-hybridized carbons (Fsp3) is 0.391. The van der Waals surface area contributed by atoms with E-state index in [2.05, 4.69) is 37.4 Å². The molecule has 176 valence electrons. The number of aliphatic hydroxyl groups excluding tert-OH is 3. The Kier molecular flexibility index (Phi) is 5.65. The van der Waals surface area contributed by atoms with E-state index in [4.69, 9.17) is 16.7 Å². The van der Waals surface area contributed by atoms with Crippen molar-refractivity contribution in [3.63, 3.8) is 0 Å². The molecule has 2 saturated carbocycles. The molecule has 0 unspecified atom stereocenters. The van der Waals surface area contributed by atoms with Crippen LogP contribution >= 0.6 is 11.6 Å². The maximum atomic E-state index is 12.4. The molecule has 2 aromatic heterocycles. The van der Waals surface area contributed by atoms with Gasteiger partial charge < -0.3 is 30.5 Å². The molecule has 1 amide bonds. The van der Waals surface area contributed by atoms with Gasteiger partial charge in [-0.15, -0.1) is 0 Å². The number of carbonyl (C=O) groups is 1. The Bertz CT molecular complexity index is 1330. The minimum Gasteiger partial charge on any atom is -0.389 e. The molecule has 0 saturated heterocycles. The zero-order chi connectivity index (χ0) is 24.0. The van der Waals surface area contributed by atoms with Crippen LogP contribution in [-0.4, -0.2) is 66.6 Å². The molecular weight excluding hydrogens is 460 g/mol. The molecular formula is C23H23ClN6O4. The highest BCUT2D eigenvalue weighted by molar-refractivity contribution is 6.28. The van der Waals surface area contributed by atoms with Gasteiger partial charge in [0.2, 0.25) is 11.2 Å². The lowest BCUT2D eigenvalue weighted by Gasteiger charge is -2.23. The van der Waals surface area contributed by atoms with Crippen molar-refractivity contribution in [3.8, 4) is 11.8 Å². The third-order valence-electron chi connectivity index (χ3n) is 6.74. The van der Waals surface area contributed by atoms with Crippen molar-refractivity contribution in [2.45, 2.75) is 31.2 Å². The number of carbonyl (C=O) groups excluding carboxylic acids is 1. The number of nitrogens with one attached hydrogen (secondary N) is 2. The van der Waals surface area contributed by atoms with Gasteiger partial charge in [0, 0.05) is 25.1 Å². The second-order valence-electron chi connectivity index (χ2n) is 8.54. The number of hydrogen-bond acceptors (Lipinski definition) is 8. The number of anilines is 1. The average molecular weight is 483 g/mol. The zero-order valence-electron chi connectivity index (χ0n) is 18.2. The SMILES string of the molecule is CNC(=O)[C@]12C[C@@H]1[C@@H](n1cnc3c(NCc4cccc(C#CCO)c4)nc(Cl)nc31)[C@H](O)[C@@H]2O. The lowest BCUT2D eigenvalue weighted by atomic mass is 9.98. The summed E-state index contributed by atoms with van der Waals surface area (Å²) in [5, 5.41) is 36.1. The van der Waals surface area contributed by atoms with E-state index in [9.17, 15) is 15.0 Å². The van der Waals surface area contributed by atoms with Gasteiger partial charge in [-0.3, -0.25) is 4.79 Å². The number of imidazole rings is 1. The first-order valence-electron chi connectivity index (χ1n) is 10.8. The number of benzene rings is 1. The molecule has 0 bridgehead atoms. The van der Waals surface area contributed by atoms with Crippen molar-refractivity contribution in [2.75, 3.05) is 19.0 Å². The molecule has 2 aliphatic rings. The van der Waals surface area contributed by atoms with Gasteiger partial charge in [-0.2, -0.15) is 9.97 Å². The van der Waals surface area contributed by atoms with Crippen molar-refractivity contribution in [1.82, 2.24) is 24.8 Å². The summed E-state index contributed by atoms with van der Waals surface area (Å²) in [7, 11) is 1.52. The minimum absolute atomic E-state index is 0.000657. The second-order valence-corrected chi connectivity index (χ2v) is 8.87. The van der Waals surface area contributed by atoms with Crippen molar-refractivity contribution < 1.29 is 20.1 Å². The van der Waals surface area contributed by atoms with Gasteiger partial charge in [-0.05, 0) is 35.7 Å². The largest absolute Gasteiger partial charge is 0.389 e. The zero-order valence-corrected chi connectivity index (χ0v) is 19.0. The summed E-state index contributed by atoms with van der Waals surface area (Å²) in [5.74, 6) is 5.39. The smallest absolute Gasteiger partial charge is 0.229 e. The number of rotatable bonds is 5. The van der Waals surface area contributed by atoms with E-state index < -0.39 is 23.7 Å². The number of fused-ring (bicyclic) bond motifs is 2. The maximum absolute atomic E-state index is 12.4. The van der Waals surface area contributed by atoms with E-state index >= 15 is 0 Å². The molecule has 11 heteroatoms. The third kappa shape index (κ3) is 3.49. The summed E-state index contributed by atoms with van der Waals surface area (Å²) < 4.78 is 1.68. The number of aromatic nitrogens is 4. The summed E-state index contributed by atoms with van der Waals surface area (Å²) in [5.41, 5.74) is 1.58. The Labute approximate surface area is 200 Å². The molecule has 0 radical (unpaired) electrons. The average Bonchev–Trinajstić information content (AvgIpc) is 3.38. The van der Waals surface area contributed by atoms with E-state index in [1.165, 1.54) is 13.4 Å². The van der Waals surface area contributed by atoms with Crippen molar-refractivity contribution in [2.24, 2.45) is 11.3 Å². The molecule has 34 heavy (non-hydrogen) atoms. The van der Waals surface area contributed by atoms with Gasteiger partial charge in [-0.25, -0.2) is 4.98 Å². The highest BCUT2D eigenvalue weighted by Crippen LogP contribution is 2.67. The van der Waals surface area contributed by atoms with Crippen molar-refractivity contribution in [1.29, 1.82) is 0 Å². The predicted octanol–water partition coefficient (Wildman–Crippen LogP) is 0.464. The van der Waals surface area contributed by atoms with Crippen LogP contribution in [0.2, 0.25) is 5.28 Å². The number of hydrogen-bond donors (Lipinski definition) is 5. The number of halogens is 1. The molecule has 0 aliphatic heterocycles. The first kappa shape index (κ1) is 22.6. The van der Waals surface area contributed by atoms with Gasteiger partial charge >= 0.3 is 0 Å². The van der Waals surface area contributed by atoms with Crippen molar-refractivity contribution >= 4 is 34.5 Å². The van der Waals surface area contributed by atoms with Crippen LogP contribution in [0.5, 0.6) is 0 Å². The normalized spacial score (nSPS) is 27.1. The van der Waals surface area contributed by atoms with E-state index in [0.29, 0.717) is 29.9 Å². The fourth-order valence-corrected chi connectivity index (χ4v) is 5.27. The Morgan fingerprint density at radius 1 is 1.35 bits per heavy atom. The fourth-order valence-electron chi connectivity index (χ4n) is 5.10. The first-order chi connectivity index (χ1) is 16.4. The predicted molar refractivity (Wildman–Crippen MR) is 124 cm³/mol. The molecule has 0 spiro atoms. The number of amides is 1. The summed E-state index contributed by atoms with van der Waals surface area (Å²) in [6.07, 6.45) is -0.336. The highest BCUT2D eigenvalue weighted by Gasteiger charge is 2.75. The van der Waals surface area contributed by atoms with E-state index in [0.717, 1.165) is 11.1 Å². The Morgan fingerprint density at radius 2 is 2.18 bits per heavy atom. The number of nitrogens with zero attached hydrogens (tertiary/aromatic N) is 4. The number of aliphatic hydroxyl groups is 3.